The van der Waals surface area contributed by atoms with Crippen LogP contribution in [0.3, 0.4) is 0 Å². The Morgan fingerprint density at radius 2 is 1.76 bits per heavy atom. The molecule has 5 nitrogen and oxygen atoms in total. The van der Waals surface area contributed by atoms with Gasteiger partial charge in [0.15, 0.2) is 0 Å². The van der Waals surface area contributed by atoms with E-state index in [-0.39, 0.29) is 11.3 Å². The Hall–Kier alpha value is -1.88. The first-order valence-corrected chi connectivity index (χ1v) is 9.11. The van der Waals surface area contributed by atoms with Gasteiger partial charge in [-0.05, 0) is 37.7 Å². The number of carbonyl (C=O) groups is 2. The van der Waals surface area contributed by atoms with Crippen molar-refractivity contribution < 1.29 is 19.4 Å². The second-order valence-electron chi connectivity index (χ2n) is 7.42. The Balaban J connectivity index is 1.72. The molecule has 1 aromatic carbocycles. The molecule has 1 aromatic rings. The highest BCUT2D eigenvalue weighted by atomic mass is 16.5. The average Bonchev–Trinajstić information content (AvgIpc) is 2.61. The van der Waals surface area contributed by atoms with E-state index in [9.17, 15) is 14.7 Å². The fourth-order valence-corrected chi connectivity index (χ4v) is 4.28. The van der Waals surface area contributed by atoms with Crippen LogP contribution in [0.5, 0.6) is 0 Å². The van der Waals surface area contributed by atoms with Crippen molar-refractivity contribution >= 4 is 11.9 Å². The van der Waals surface area contributed by atoms with Crippen molar-refractivity contribution in [3.8, 4) is 0 Å². The number of benzene rings is 1. The summed E-state index contributed by atoms with van der Waals surface area (Å²) in [7, 11) is 1.67. The number of nitrogens with zero attached hydrogens (tertiary/aromatic N) is 1. The summed E-state index contributed by atoms with van der Waals surface area (Å²) in [5.41, 5.74) is -0.309. The van der Waals surface area contributed by atoms with Crippen LogP contribution >= 0.6 is 0 Å². The first kappa shape index (κ1) is 17.9. The number of piperidine rings is 1. The van der Waals surface area contributed by atoms with Gasteiger partial charge in [-0.3, -0.25) is 9.59 Å². The van der Waals surface area contributed by atoms with Crippen LogP contribution in [0.15, 0.2) is 30.3 Å². The van der Waals surface area contributed by atoms with Gasteiger partial charge in [-0.15, -0.1) is 0 Å². The summed E-state index contributed by atoms with van der Waals surface area (Å²) in [5, 5.41) is 9.88. The standard InChI is InChI=1S/C20H27NO4/c1-25-15-12-19(8-5-9-19)17(22)21-13-10-20(11-14-21,18(23)24)16-6-3-2-4-7-16/h2-4,6-7H,5,8-15H2,1H3,(H,23,24). The Morgan fingerprint density at radius 1 is 1.12 bits per heavy atom. The van der Waals surface area contributed by atoms with Crippen LogP contribution in [0.2, 0.25) is 0 Å². The van der Waals surface area contributed by atoms with Crippen LogP contribution in [0, 0.1) is 5.41 Å². The lowest BCUT2D eigenvalue weighted by Gasteiger charge is -2.47. The second-order valence-corrected chi connectivity index (χ2v) is 7.42. The molecule has 2 fully saturated rings. The van der Waals surface area contributed by atoms with E-state index in [1.807, 2.05) is 35.2 Å². The van der Waals surface area contributed by atoms with E-state index < -0.39 is 11.4 Å². The van der Waals surface area contributed by atoms with Crippen LogP contribution in [0.25, 0.3) is 0 Å². The number of likely N-dealkylation sites (tertiary alicyclic amines) is 1. The molecule has 1 amide bonds. The maximum atomic E-state index is 13.0. The smallest absolute Gasteiger partial charge is 0.314 e. The van der Waals surface area contributed by atoms with Gasteiger partial charge in [-0.25, -0.2) is 0 Å². The van der Waals surface area contributed by atoms with Crippen molar-refractivity contribution in [3.63, 3.8) is 0 Å². The zero-order valence-electron chi connectivity index (χ0n) is 14.9. The molecule has 1 saturated heterocycles. The van der Waals surface area contributed by atoms with Crippen molar-refractivity contribution in [2.45, 2.75) is 43.9 Å². The summed E-state index contributed by atoms with van der Waals surface area (Å²) in [4.78, 5) is 27.0. The van der Waals surface area contributed by atoms with Gasteiger partial charge in [-0.2, -0.15) is 0 Å². The molecule has 0 radical (unpaired) electrons. The highest BCUT2D eigenvalue weighted by Crippen LogP contribution is 2.46. The number of hydrogen-bond donors (Lipinski definition) is 1. The van der Waals surface area contributed by atoms with E-state index in [4.69, 9.17) is 4.74 Å². The minimum atomic E-state index is -0.878. The summed E-state index contributed by atoms with van der Waals surface area (Å²) >= 11 is 0. The maximum absolute atomic E-state index is 13.0. The second kappa shape index (κ2) is 7.16. The van der Waals surface area contributed by atoms with E-state index in [0.29, 0.717) is 32.5 Å². The predicted molar refractivity (Wildman–Crippen MR) is 94.3 cm³/mol. The predicted octanol–water partition coefficient (Wildman–Crippen LogP) is 2.84. The number of aliphatic carboxylic acids is 1. The number of methoxy groups -OCH3 is 1. The molecule has 1 aliphatic carbocycles. The number of carboxylic acids is 1. The molecule has 0 bridgehead atoms. The van der Waals surface area contributed by atoms with Crippen molar-refractivity contribution in [1.82, 2.24) is 4.90 Å². The molecule has 1 aliphatic heterocycles. The Morgan fingerprint density at radius 3 is 2.24 bits per heavy atom. The van der Waals surface area contributed by atoms with Crippen LogP contribution in [-0.4, -0.2) is 48.7 Å². The van der Waals surface area contributed by atoms with E-state index in [2.05, 4.69) is 0 Å². The third kappa shape index (κ3) is 3.17. The molecular weight excluding hydrogens is 318 g/mol. The number of carbonyl (C=O) groups excluding carboxylic acids is 1. The van der Waals surface area contributed by atoms with Gasteiger partial charge < -0.3 is 14.7 Å². The lowest BCUT2D eigenvalue weighted by Crippen LogP contribution is -2.54. The fourth-order valence-electron chi connectivity index (χ4n) is 4.28. The van der Waals surface area contributed by atoms with Gasteiger partial charge in [0.25, 0.3) is 0 Å². The van der Waals surface area contributed by atoms with Crippen LogP contribution in [-0.2, 0) is 19.7 Å². The summed E-state index contributed by atoms with van der Waals surface area (Å²) < 4.78 is 5.18. The summed E-state index contributed by atoms with van der Waals surface area (Å²) in [6.45, 7) is 1.62. The third-order valence-corrected chi connectivity index (χ3v) is 6.19. The molecule has 5 heteroatoms. The Labute approximate surface area is 149 Å². The molecule has 0 unspecified atom stereocenters. The van der Waals surface area contributed by atoms with Crippen molar-refractivity contribution in [1.29, 1.82) is 0 Å². The van der Waals surface area contributed by atoms with Gasteiger partial charge in [0, 0.05) is 26.8 Å². The van der Waals surface area contributed by atoms with Crippen molar-refractivity contribution in [2.24, 2.45) is 5.41 Å². The van der Waals surface area contributed by atoms with Gasteiger partial charge in [0.1, 0.15) is 0 Å². The molecule has 0 atom stereocenters. The van der Waals surface area contributed by atoms with Gasteiger partial charge in [0.05, 0.1) is 10.8 Å². The number of hydrogen-bond acceptors (Lipinski definition) is 3. The first-order chi connectivity index (χ1) is 12.0. The maximum Gasteiger partial charge on any atom is 0.314 e. The van der Waals surface area contributed by atoms with Gasteiger partial charge in [-0.1, -0.05) is 36.8 Å². The summed E-state index contributed by atoms with van der Waals surface area (Å²) in [5.74, 6) is -0.591. The topological polar surface area (TPSA) is 66.8 Å². The minimum absolute atomic E-state index is 0.197. The molecule has 1 N–H and O–H groups in total. The van der Waals surface area contributed by atoms with Crippen LogP contribution in [0.1, 0.15) is 44.1 Å². The van der Waals surface area contributed by atoms with Crippen molar-refractivity contribution in [3.05, 3.63) is 35.9 Å². The largest absolute Gasteiger partial charge is 0.481 e. The fraction of sp³-hybridized carbons (Fsp3) is 0.600. The Bertz CT molecular complexity index is 616. The normalized spacial score (nSPS) is 21.4. The quantitative estimate of drug-likeness (QED) is 0.861. The number of carboxylic acid groups (broad SMARTS) is 1. The number of rotatable bonds is 6. The SMILES string of the molecule is COCCC1(C(=O)N2CCC(C(=O)O)(c3ccccc3)CC2)CCC1. The lowest BCUT2D eigenvalue weighted by molar-refractivity contribution is -0.155. The van der Waals surface area contributed by atoms with Crippen LogP contribution < -0.4 is 0 Å². The summed E-state index contributed by atoms with van der Waals surface area (Å²) in [6, 6.07) is 9.43. The molecule has 1 heterocycles. The molecule has 1 saturated carbocycles. The monoisotopic (exact) mass is 345 g/mol. The molecule has 0 spiro atoms. The van der Waals surface area contributed by atoms with Gasteiger partial charge >= 0.3 is 5.97 Å². The molecule has 2 aliphatic rings. The lowest BCUT2D eigenvalue weighted by atomic mass is 9.65. The third-order valence-electron chi connectivity index (χ3n) is 6.19. The zero-order chi connectivity index (χ0) is 17.9. The first-order valence-electron chi connectivity index (χ1n) is 9.11. The highest BCUT2D eigenvalue weighted by molar-refractivity contribution is 5.85. The molecule has 136 valence electrons. The number of amides is 1. The number of ether oxygens (including phenoxy) is 1. The van der Waals surface area contributed by atoms with Gasteiger partial charge in [0.2, 0.25) is 5.91 Å². The summed E-state index contributed by atoms with van der Waals surface area (Å²) in [6.07, 6.45) is 4.65. The molecular formula is C20H27NO4. The zero-order valence-corrected chi connectivity index (χ0v) is 14.9. The molecule has 0 aromatic heterocycles. The van der Waals surface area contributed by atoms with Crippen LogP contribution in [0.4, 0.5) is 0 Å². The molecule has 25 heavy (non-hydrogen) atoms. The van der Waals surface area contributed by atoms with E-state index in [0.717, 1.165) is 31.2 Å². The molecule has 3 rings (SSSR count). The van der Waals surface area contributed by atoms with E-state index in [1.165, 1.54) is 0 Å². The minimum Gasteiger partial charge on any atom is -0.481 e. The average molecular weight is 345 g/mol. The Kier molecular flexibility index (Phi) is 5.13. The van der Waals surface area contributed by atoms with Crippen molar-refractivity contribution in [2.75, 3.05) is 26.8 Å². The van der Waals surface area contributed by atoms with E-state index >= 15 is 0 Å². The van der Waals surface area contributed by atoms with E-state index in [1.54, 1.807) is 7.11 Å². The highest BCUT2D eigenvalue weighted by Gasteiger charge is 2.49.